The molecule has 20 heavy (non-hydrogen) atoms. The highest BCUT2D eigenvalue weighted by Gasteiger charge is 2.31. The highest BCUT2D eigenvalue weighted by atomic mass is 79.9. The van der Waals surface area contributed by atoms with E-state index in [9.17, 15) is 13.2 Å². The number of benzene rings is 1. The van der Waals surface area contributed by atoms with Crippen LogP contribution in [0.3, 0.4) is 0 Å². The van der Waals surface area contributed by atoms with Gasteiger partial charge in [-0.25, -0.2) is 13.2 Å². The highest BCUT2D eigenvalue weighted by Crippen LogP contribution is 2.27. The maximum Gasteiger partial charge on any atom is 0.336 e. The summed E-state index contributed by atoms with van der Waals surface area (Å²) in [7, 11) is -3.63. The van der Waals surface area contributed by atoms with Crippen LogP contribution in [0.2, 0.25) is 0 Å². The molecule has 1 fully saturated rings. The van der Waals surface area contributed by atoms with E-state index < -0.39 is 16.0 Å². The number of hydrogen-bond donors (Lipinski definition) is 1. The third-order valence-corrected chi connectivity index (χ3v) is 6.22. The molecule has 1 saturated heterocycles. The minimum absolute atomic E-state index is 0.0341. The Bertz CT molecular complexity index is 629. The summed E-state index contributed by atoms with van der Waals surface area (Å²) in [5.41, 5.74) is -0.0456. The molecule has 5 nitrogen and oxygen atoms in total. The smallest absolute Gasteiger partial charge is 0.336 e. The van der Waals surface area contributed by atoms with Crippen molar-refractivity contribution in [1.82, 2.24) is 4.31 Å². The van der Waals surface area contributed by atoms with Crippen LogP contribution in [0.4, 0.5) is 0 Å². The third kappa shape index (κ3) is 2.89. The Balaban J connectivity index is 2.44. The lowest BCUT2D eigenvalue weighted by molar-refractivity contribution is 0.0695. The first kappa shape index (κ1) is 15.5. The Morgan fingerprint density at radius 3 is 2.70 bits per heavy atom. The summed E-state index contributed by atoms with van der Waals surface area (Å²) < 4.78 is 27.0. The van der Waals surface area contributed by atoms with Crippen LogP contribution >= 0.6 is 15.9 Å². The Morgan fingerprint density at radius 1 is 1.40 bits per heavy atom. The number of aromatic carboxylic acids is 1. The molecular weight excluding hydrogens is 346 g/mol. The predicted octanol–water partition coefficient (Wildman–Crippen LogP) is 2.71. The van der Waals surface area contributed by atoms with Crippen LogP contribution in [0, 0.1) is 0 Å². The molecule has 0 amide bonds. The summed E-state index contributed by atoms with van der Waals surface area (Å²) >= 11 is 3.12. The number of carbonyl (C=O) groups is 1. The molecule has 1 aliphatic heterocycles. The normalized spacial score (nSPS) is 20.8. The number of nitrogens with zero attached hydrogens (tertiary/aromatic N) is 1. The summed E-state index contributed by atoms with van der Waals surface area (Å²) in [6.45, 7) is 2.37. The maximum atomic E-state index is 12.6. The van der Waals surface area contributed by atoms with Gasteiger partial charge in [0.2, 0.25) is 10.0 Å². The fourth-order valence-electron chi connectivity index (χ4n) is 2.39. The van der Waals surface area contributed by atoms with Crippen LogP contribution in [-0.2, 0) is 10.0 Å². The summed E-state index contributed by atoms with van der Waals surface area (Å²) in [5, 5.41) is 9.08. The predicted molar refractivity (Wildman–Crippen MR) is 78.3 cm³/mol. The second-order valence-corrected chi connectivity index (χ2v) is 7.65. The molecule has 1 atom stereocenters. The van der Waals surface area contributed by atoms with Crippen molar-refractivity contribution in [3.63, 3.8) is 0 Å². The van der Waals surface area contributed by atoms with Crippen molar-refractivity contribution in [2.45, 2.75) is 37.1 Å². The molecule has 0 bridgehead atoms. The number of carboxylic acids is 1. The molecule has 1 aliphatic rings. The average molecular weight is 362 g/mol. The molecule has 0 aliphatic carbocycles. The maximum absolute atomic E-state index is 12.6. The zero-order chi connectivity index (χ0) is 14.9. The fourth-order valence-corrected chi connectivity index (χ4v) is 4.54. The summed E-state index contributed by atoms with van der Waals surface area (Å²) in [5.74, 6) is -1.15. The van der Waals surface area contributed by atoms with Gasteiger partial charge >= 0.3 is 5.97 Å². The number of sulfonamides is 1. The number of carboxylic acid groups (broad SMARTS) is 1. The topological polar surface area (TPSA) is 74.7 Å². The van der Waals surface area contributed by atoms with Gasteiger partial charge in [-0.05, 0) is 53.9 Å². The average Bonchev–Trinajstić information content (AvgIpc) is 2.38. The van der Waals surface area contributed by atoms with Crippen LogP contribution < -0.4 is 0 Å². The lowest BCUT2D eigenvalue weighted by atomic mass is 10.1. The van der Waals surface area contributed by atoms with Crippen molar-refractivity contribution in [2.24, 2.45) is 0 Å². The third-order valence-electron chi connectivity index (χ3n) is 3.52. The van der Waals surface area contributed by atoms with Crippen LogP contribution in [0.1, 0.15) is 36.5 Å². The van der Waals surface area contributed by atoms with E-state index in [0.717, 1.165) is 19.3 Å². The summed E-state index contributed by atoms with van der Waals surface area (Å²) in [6.07, 6.45) is 2.70. The molecule has 1 aromatic rings. The molecule has 0 spiro atoms. The van der Waals surface area contributed by atoms with E-state index in [0.29, 0.717) is 11.0 Å². The molecule has 1 N–H and O–H groups in total. The molecule has 0 saturated carbocycles. The molecular formula is C13H16BrNO4S. The van der Waals surface area contributed by atoms with Crippen molar-refractivity contribution in [2.75, 3.05) is 6.54 Å². The van der Waals surface area contributed by atoms with Gasteiger partial charge in [0.25, 0.3) is 0 Å². The molecule has 1 aromatic carbocycles. The second-order valence-electron chi connectivity index (χ2n) is 4.91. The number of rotatable bonds is 3. The molecule has 0 unspecified atom stereocenters. The Hall–Kier alpha value is -0.920. The fraction of sp³-hybridized carbons (Fsp3) is 0.462. The quantitative estimate of drug-likeness (QED) is 0.897. The Morgan fingerprint density at radius 2 is 2.10 bits per heavy atom. The van der Waals surface area contributed by atoms with Gasteiger partial charge in [0.1, 0.15) is 0 Å². The van der Waals surface area contributed by atoms with Crippen molar-refractivity contribution < 1.29 is 18.3 Å². The largest absolute Gasteiger partial charge is 0.478 e. The molecule has 1 heterocycles. The summed E-state index contributed by atoms with van der Waals surface area (Å²) in [6, 6.07) is 4.06. The van der Waals surface area contributed by atoms with E-state index in [2.05, 4.69) is 15.9 Å². The van der Waals surface area contributed by atoms with E-state index in [1.807, 2.05) is 6.92 Å². The van der Waals surface area contributed by atoms with Crippen molar-refractivity contribution in [3.05, 3.63) is 28.2 Å². The first-order valence-electron chi connectivity index (χ1n) is 6.38. The lowest BCUT2D eigenvalue weighted by Crippen LogP contribution is -2.41. The van der Waals surface area contributed by atoms with Gasteiger partial charge < -0.3 is 5.11 Å². The van der Waals surface area contributed by atoms with Gasteiger partial charge in [-0.2, -0.15) is 4.31 Å². The Labute approximate surface area is 126 Å². The molecule has 7 heteroatoms. The van der Waals surface area contributed by atoms with Crippen molar-refractivity contribution in [1.29, 1.82) is 0 Å². The summed E-state index contributed by atoms with van der Waals surface area (Å²) in [4.78, 5) is 11.1. The first-order chi connectivity index (χ1) is 9.34. The van der Waals surface area contributed by atoms with Crippen molar-refractivity contribution in [3.8, 4) is 0 Å². The van der Waals surface area contributed by atoms with Gasteiger partial charge in [0.05, 0.1) is 10.5 Å². The zero-order valence-electron chi connectivity index (χ0n) is 11.0. The van der Waals surface area contributed by atoms with E-state index in [4.69, 9.17) is 5.11 Å². The van der Waals surface area contributed by atoms with E-state index >= 15 is 0 Å². The van der Waals surface area contributed by atoms with Crippen LogP contribution in [-0.4, -0.2) is 36.4 Å². The minimum Gasteiger partial charge on any atom is -0.478 e. The minimum atomic E-state index is -3.63. The van der Waals surface area contributed by atoms with Gasteiger partial charge in [-0.1, -0.05) is 6.42 Å². The number of halogens is 1. The van der Waals surface area contributed by atoms with Crippen molar-refractivity contribution >= 4 is 31.9 Å². The van der Waals surface area contributed by atoms with E-state index in [-0.39, 0.29) is 16.5 Å². The molecule has 0 aromatic heterocycles. The van der Waals surface area contributed by atoms with Crippen LogP contribution in [0.15, 0.2) is 27.6 Å². The van der Waals surface area contributed by atoms with Gasteiger partial charge in [-0.15, -0.1) is 0 Å². The van der Waals surface area contributed by atoms with Gasteiger partial charge in [0, 0.05) is 17.1 Å². The lowest BCUT2D eigenvalue weighted by Gasteiger charge is -2.32. The number of piperidine rings is 1. The van der Waals surface area contributed by atoms with Gasteiger partial charge in [-0.3, -0.25) is 0 Å². The highest BCUT2D eigenvalue weighted by molar-refractivity contribution is 9.10. The molecule has 110 valence electrons. The zero-order valence-corrected chi connectivity index (χ0v) is 13.4. The second kappa shape index (κ2) is 5.83. The van der Waals surface area contributed by atoms with Gasteiger partial charge in [0.15, 0.2) is 0 Å². The van der Waals surface area contributed by atoms with E-state index in [1.165, 1.54) is 22.5 Å². The molecule has 0 radical (unpaired) electrons. The monoisotopic (exact) mass is 361 g/mol. The standard InChI is InChI=1S/C13H16BrNO4S/c1-9-4-2-3-7-15(9)20(18,19)10-5-6-12(14)11(8-10)13(16)17/h5-6,8-9H,2-4,7H2,1H3,(H,16,17)/t9-/m1/s1. The first-order valence-corrected chi connectivity index (χ1v) is 8.62. The molecule has 2 rings (SSSR count). The number of hydrogen-bond acceptors (Lipinski definition) is 3. The van der Waals surface area contributed by atoms with Crippen LogP contribution in [0.25, 0.3) is 0 Å². The van der Waals surface area contributed by atoms with E-state index in [1.54, 1.807) is 0 Å². The Kier molecular flexibility index (Phi) is 4.51. The van der Waals surface area contributed by atoms with Crippen LogP contribution in [0.5, 0.6) is 0 Å². The SMILES string of the molecule is C[C@@H]1CCCCN1S(=O)(=O)c1ccc(Br)c(C(=O)O)c1.